The molecule has 0 unspecified atom stereocenters. The summed E-state index contributed by atoms with van der Waals surface area (Å²) in [6.45, 7) is 0. The van der Waals surface area contributed by atoms with E-state index in [9.17, 15) is 0 Å². The van der Waals surface area contributed by atoms with Crippen LogP contribution in [0, 0.1) is 0 Å². The molecule has 0 radical (unpaired) electrons. The average molecular weight is 652 g/mol. The van der Waals surface area contributed by atoms with Crippen LogP contribution < -0.4 is 0 Å². The predicted octanol–water partition coefficient (Wildman–Crippen LogP) is 12.5. The van der Waals surface area contributed by atoms with E-state index in [4.69, 9.17) is 9.40 Å². The molecule has 0 fully saturated rings. The molecule has 0 bridgehead atoms. The number of pyridine rings is 1. The third-order valence-electron chi connectivity index (χ3n) is 10.4. The van der Waals surface area contributed by atoms with E-state index in [0.29, 0.717) is 0 Å². The molecule has 0 aliphatic carbocycles. The highest BCUT2D eigenvalue weighted by Gasteiger charge is 2.24. The number of benzene rings is 7. The third kappa shape index (κ3) is 4.05. The molecule has 0 amide bonds. The Morgan fingerprint density at radius 3 is 1.92 bits per heavy atom. The molecule has 238 valence electrons. The first-order valence-corrected chi connectivity index (χ1v) is 17.3. The van der Waals surface area contributed by atoms with E-state index in [-0.39, 0.29) is 0 Å². The highest BCUT2D eigenvalue weighted by molar-refractivity contribution is 6.23. The van der Waals surface area contributed by atoms with Crippen molar-refractivity contribution in [2.24, 2.45) is 0 Å². The number of nitrogens with zero attached hydrogens (tertiary/aromatic N) is 3. The van der Waals surface area contributed by atoms with Crippen LogP contribution in [0.1, 0.15) is 0 Å². The highest BCUT2D eigenvalue weighted by atomic mass is 16.3. The molecule has 0 spiro atoms. The van der Waals surface area contributed by atoms with Gasteiger partial charge in [-0.15, -0.1) is 0 Å². The first-order chi connectivity index (χ1) is 25.3. The van der Waals surface area contributed by atoms with Crippen LogP contribution in [0.3, 0.4) is 0 Å². The number of para-hydroxylation sites is 4. The summed E-state index contributed by atoms with van der Waals surface area (Å²) in [4.78, 5) is 4.72. The molecule has 4 heterocycles. The lowest BCUT2D eigenvalue weighted by Gasteiger charge is -2.17. The fourth-order valence-corrected chi connectivity index (χ4v) is 8.26. The molecule has 51 heavy (non-hydrogen) atoms. The molecule has 0 saturated heterocycles. The SMILES string of the molecule is c1ccc(-n2c3ccccc3c3c(-c4c(-c5ccc6oc7cccnc7c6c5)ccc5c6ccccc6n(-c6ccccc6)c45)cccc32)cc1. The predicted molar refractivity (Wildman–Crippen MR) is 211 cm³/mol. The Morgan fingerprint density at radius 2 is 1.12 bits per heavy atom. The summed E-state index contributed by atoms with van der Waals surface area (Å²) in [7, 11) is 0. The van der Waals surface area contributed by atoms with Gasteiger partial charge in [0.1, 0.15) is 11.1 Å². The van der Waals surface area contributed by atoms with Crippen molar-refractivity contribution in [3.05, 3.63) is 176 Å². The summed E-state index contributed by atoms with van der Waals surface area (Å²) < 4.78 is 11.1. The van der Waals surface area contributed by atoms with E-state index in [1.54, 1.807) is 0 Å². The van der Waals surface area contributed by atoms with Gasteiger partial charge in [0.2, 0.25) is 0 Å². The van der Waals surface area contributed by atoms with Crippen LogP contribution in [0.5, 0.6) is 0 Å². The maximum Gasteiger partial charge on any atom is 0.153 e. The normalized spacial score (nSPS) is 11.9. The fraction of sp³-hybridized carbons (Fsp3) is 0. The van der Waals surface area contributed by atoms with Gasteiger partial charge in [0, 0.05) is 50.1 Å². The van der Waals surface area contributed by atoms with Crippen LogP contribution in [0.15, 0.2) is 180 Å². The summed E-state index contributed by atoms with van der Waals surface area (Å²) in [5, 5.41) is 5.90. The number of rotatable bonds is 4. The van der Waals surface area contributed by atoms with E-state index < -0.39 is 0 Å². The molecule has 11 rings (SSSR count). The van der Waals surface area contributed by atoms with Crippen molar-refractivity contribution in [1.29, 1.82) is 0 Å². The van der Waals surface area contributed by atoms with Crippen molar-refractivity contribution < 1.29 is 4.42 Å². The monoisotopic (exact) mass is 651 g/mol. The Labute approximate surface area is 293 Å². The second-order valence-electron chi connectivity index (χ2n) is 13.1. The second kappa shape index (κ2) is 10.8. The zero-order valence-corrected chi connectivity index (χ0v) is 27.5. The third-order valence-corrected chi connectivity index (χ3v) is 10.4. The molecule has 0 aliphatic heterocycles. The minimum atomic E-state index is 0.794. The zero-order valence-electron chi connectivity index (χ0n) is 27.5. The van der Waals surface area contributed by atoms with Crippen molar-refractivity contribution in [3.8, 4) is 33.6 Å². The van der Waals surface area contributed by atoms with Crippen LogP contribution >= 0.6 is 0 Å². The van der Waals surface area contributed by atoms with Crippen LogP contribution in [0.2, 0.25) is 0 Å². The smallest absolute Gasteiger partial charge is 0.153 e. The highest BCUT2D eigenvalue weighted by Crippen LogP contribution is 2.48. The Morgan fingerprint density at radius 1 is 0.431 bits per heavy atom. The van der Waals surface area contributed by atoms with Crippen molar-refractivity contribution >= 4 is 65.7 Å². The van der Waals surface area contributed by atoms with Crippen LogP contribution in [0.25, 0.3) is 99.3 Å². The van der Waals surface area contributed by atoms with Gasteiger partial charge in [-0.05, 0) is 83.4 Å². The number of hydrogen-bond acceptors (Lipinski definition) is 2. The lowest BCUT2D eigenvalue weighted by molar-refractivity contribution is 0.668. The van der Waals surface area contributed by atoms with Crippen molar-refractivity contribution in [2.45, 2.75) is 0 Å². The van der Waals surface area contributed by atoms with Gasteiger partial charge in [-0.1, -0.05) is 103 Å². The van der Waals surface area contributed by atoms with Gasteiger partial charge in [0.05, 0.1) is 22.1 Å². The first-order valence-electron chi connectivity index (χ1n) is 17.3. The lowest BCUT2D eigenvalue weighted by atomic mass is 9.89. The summed E-state index contributed by atoms with van der Waals surface area (Å²) in [6, 6.07) is 60.8. The van der Waals surface area contributed by atoms with E-state index in [1.807, 2.05) is 18.3 Å². The Balaban J connectivity index is 1.34. The molecular formula is C47H29N3O. The molecule has 11 aromatic rings. The van der Waals surface area contributed by atoms with Gasteiger partial charge in [-0.3, -0.25) is 4.98 Å². The van der Waals surface area contributed by atoms with Gasteiger partial charge in [-0.2, -0.15) is 0 Å². The maximum atomic E-state index is 6.23. The van der Waals surface area contributed by atoms with Crippen LogP contribution in [-0.4, -0.2) is 14.1 Å². The number of aromatic nitrogens is 3. The molecule has 0 N–H and O–H groups in total. The minimum absolute atomic E-state index is 0.794. The summed E-state index contributed by atoms with van der Waals surface area (Å²) >= 11 is 0. The van der Waals surface area contributed by atoms with Crippen molar-refractivity contribution in [3.63, 3.8) is 0 Å². The van der Waals surface area contributed by atoms with Gasteiger partial charge >= 0.3 is 0 Å². The number of hydrogen-bond donors (Lipinski definition) is 0. The van der Waals surface area contributed by atoms with E-state index in [2.05, 4.69) is 167 Å². The summed E-state index contributed by atoms with van der Waals surface area (Å²) in [6.07, 6.45) is 1.84. The zero-order chi connectivity index (χ0) is 33.5. The van der Waals surface area contributed by atoms with E-state index in [1.165, 1.54) is 54.7 Å². The summed E-state index contributed by atoms with van der Waals surface area (Å²) in [5.41, 5.74) is 14.1. The van der Waals surface area contributed by atoms with E-state index in [0.717, 1.165) is 44.6 Å². The molecule has 7 aromatic carbocycles. The minimum Gasteiger partial charge on any atom is -0.454 e. The first kappa shape index (κ1) is 28.0. The molecular weight excluding hydrogens is 623 g/mol. The number of fused-ring (bicyclic) bond motifs is 9. The van der Waals surface area contributed by atoms with Gasteiger partial charge in [-0.25, -0.2) is 0 Å². The van der Waals surface area contributed by atoms with Crippen molar-refractivity contribution in [2.75, 3.05) is 0 Å². The van der Waals surface area contributed by atoms with Crippen LogP contribution in [0.4, 0.5) is 0 Å². The second-order valence-corrected chi connectivity index (χ2v) is 13.1. The largest absolute Gasteiger partial charge is 0.454 e. The fourth-order valence-electron chi connectivity index (χ4n) is 8.26. The van der Waals surface area contributed by atoms with Gasteiger partial charge < -0.3 is 13.6 Å². The average Bonchev–Trinajstić information content (AvgIpc) is 3.86. The van der Waals surface area contributed by atoms with Gasteiger partial charge in [0.15, 0.2) is 5.58 Å². The summed E-state index contributed by atoms with van der Waals surface area (Å²) in [5.74, 6) is 0. The molecule has 4 nitrogen and oxygen atoms in total. The molecule has 0 aliphatic rings. The van der Waals surface area contributed by atoms with E-state index >= 15 is 0 Å². The quantitative estimate of drug-likeness (QED) is 0.190. The molecule has 4 heteroatoms. The Kier molecular flexibility index (Phi) is 5.92. The van der Waals surface area contributed by atoms with Crippen LogP contribution in [-0.2, 0) is 0 Å². The van der Waals surface area contributed by atoms with Gasteiger partial charge in [0.25, 0.3) is 0 Å². The lowest BCUT2D eigenvalue weighted by Crippen LogP contribution is -1.97. The number of furan rings is 1. The molecule has 0 atom stereocenters. The molecule has 4 aromatic heterocycles. The maximum absolute atomic E-state index is 6.23. The topological polar surface area (TPSA) is 35.9 Å². The Hall–Kier alpha value is -6.91. The standard InChI is InChI=1S/C47H29N3O/c1-3-13-31(14-4-1)49-40-21-10-8-18-36(40)44-37(19-11-22-41(44)49)45-33(30-24-27-42-38(29-30)46-43(51-42)23-12-28-48-46)25-26-35-34-17-7-9-20-39(34)50(47(35)45)32-15-5-2-6-16-32/h1-29H. The van der Waals surface area contributed by atoms with Crippen molar-refractivity contribution in [1.82, 2.24) is 14.1 Å². The Bertz CT molecular complexity index is 3130. The molecule has 0 saturated carbocycles.